The number of anilines is 1. The van der Waals surface area contributed by atoms with Gasteiger partial charge < -0.3 is 14.1 Å². The molecular weight excluding hydrogens is 386 g/mol. The summed E-state index contributed by atoms with van der Waals surface area (Å²) in [5.74, 6) is 1.29. The minimum Gasteiger partial charge on any atom is -0.484 e. The molecule has 1 aromatic heterocycles. The van der Waals surface area contributed by atoms with Crippen LogP contribution >= 0.6 is 23.4 Å². The van der Waals surface area contributed by atoms with Gasteiger partial charge in [-0.05, 0) is 42.3 Å². The Kier molecular flexibility index (Phi) is 5.31. The topological polar surface area (TPSA) is 68.5 Å². The van der Waals surface area contributed by atoms with Crippen molar-refractivity contribution >= 4 is 35.0 Å². The van der Waals surface area contributed by atoms with E-state index in [1.165, 1.54) is 17.3 Å². The van der Waals surface area contributed by atoms with E-state index in [9.17, 15) is 4.79 Å². The fraction of sp³-hybridized carbons (Fsp3) is 0.211. The number of para-hydroxylation sites is 1. The van der Waals surface area contributed by atoms with Crippen molar-refractivity contribution in [2.75, 3.05) is 17.2 Å². The van der Waals surface area contributed by atoms with Crippen molar-refractivity contribution in [1.82, 2.24) is 10.2 Å². The molecule has 1 amide bonds. The Morgan fingerprint density at radius 1 is 1.19 bits per heavy atom. The van der Waals surface area contributed by atoms with Crippen LogP contribution in [0.3, 0.4) is 0 Å². The highest BCUT2D eigenvalue weighted by Gasteiger charge is 2.24. The number of aromatic nitrogens is 2. The second-order valence-corrected chi connectivity index (χ2v) is 7.28. The molecule has 1 aliphatic rings. The minimum absolute atomic E-state index is 0.0297. The summed E-state index contributed by atoms with van der Waals surface area (Å²) < 4.78 is 11.1. The molecule has 0 bridgehead atoms. The zero-order valence-corrected chi connectivity index (χ0v) is 15.9. The van der Waals surface area contributed by atoms with E-state index in [0.29, 0.717) is 28.4 Å². The first-order valence-corrected chi connectivity index (χ1v) is 9.77. The number of ether oxygens (including phenoxy) is 1. The van der Waals surface area contributed by atoms with Gasteiger partial charge in [0.2, 0.25) is 5.91 Å². The summed E-state index contributed by atoms with van der Waals surface area (Å²) in [6.07, 6.45) is 0.888. The van der Waals surface area contributed by atoms with Crippen molar-refractivity contribution in [2.24, 2.45) is 0 Å². The van der Waals surface area contributed by atoms with E-state index in [0.717, 1.165) is 12.1 Å². The largest absolute Gasteiger partial charge is 0.484 e. The van der Waals surface area contributed by atoms with E-state index in [1.807, 2.05) is 23.1 Å². The number of amides is 1. The van der Waals surface area contributed by atoms with Crippen LogP contribution < -0.4 is 9.64 Å². The summed E-state index contributed by atoms with van der Waals surface area (Å²) >= 11 is 7.07. The molecule has 0 saturated carbocycles. The van der Waals surface area contributed by atoms with Gasteiger partial charge in [-0.2, -0.15) is 0 Å². The van der Waals surface area contributed by atoms with Gasteiger partial charge in [-0.15, -0.1) is 10.2 Å². The highest BCUT2D eigenvalue weighted by molar-refractivity contribution is 7.99. The van der Waals surface area contributed by atoms with Gasteiger partial charge in [0.25, 0.3) is 11.1 Å². The third-order valence-corrected chi connectivity index (χ3v) is 5.19. The van der Waals surface area contributed by atoms with Crippen LogP contribution in [0.2, 0.25) is 5.02 Å². The summed E-state index contributed by atoms with van der Waals surface area (Å²) in [6.45, 7) is 0.866. The Balaban J connectivity index is 1.29. The molecular formula is C19H16ClN3O3S. The predicted octanol–water partition coefficient (Wildman–Crippen LogP) is 3.98. The number of nitrogens with zero attached hydrogens (tertiary/aromatic N) is 3. The Morgan fingerprint density at radius 3 is 2.85 bits per heavy atom. The number of hydrogen-bond donors (Lipinski definition) is 0. The smallest absolute Gasteiger partial charge is 0.277 e. The number of benzene rings is 2. The van der Waals surface area contributed by atoms with Gasteiger partial charge in [-0.25, -0.2) is 0 Å². The molecule has 138 valence electrons. The molecule has 3 aromatic rings. The number of fused-ring (bicyclic) bond motifs is 1. The van der Waals surface area contributed by atoms with Gasteiger partial charge in [-0.1, -0.05) is 41.6 Å². The molecule has 0 N–H and O–H groups in total. The summed E-state index contributed by atoms with van der Waals surface area (Å²) in [4.78, 5) is 14.3. The van der Waals surface area contributed by atoms with Gasteiger partial charge in [0.05, 0.1) is 5.75 Å². The number of hydrogen-bond acceptors (Lipinski definition) is 6. The Morgan fingerprint density at radius 2 is 2.00 bits per heavy atom. The molecule has 2 aromatic carbocycles. The molecule has 0 fully saturated rings. The van der Waals surface area contributed by atoms with Crippen molar-refractivity contribution in [3.63, 3.8) is 0 Å². The molecule has 0 aliphatic carbocycles. The molecule has 1 aliphatic heterocycles. The first kappa shape index (κ1) is 17.9. The number of halogens is 1. The van der Waals surface area contributed by atoms with Crippen molar-refractivity contribution in [3.05, 3.63) is 65.0 Å². The lowest BCUT2D eigenvalue weighted by atomic mass is 10.2. The molecule has 0 atom stereocenters. The summed E-state index contributed by atoms with van der Waals surface area (Å²) in [6, 6.07) is 15.0. The van der Waals surface area contributed by atoms with Crippen molar-refractivity contribution < 1.29 is 13.9 Å². The van der Waals surface area contributed by atoms with E-state index in [4.69, 9.17) is 20.8 Å². The van der Waals surface area contributed by atoms with E-state index in [-0.39, 0.29) is 18.3 Å². The van der Waals surface area contributed by atoms with E-state index < -0.39 is 0 Å². The first-order chi connectivity index (χ1) is 13.2. The molecule has 4 rings (SSSR count). The van der Waals surface area contributed by atoms with Crippen molar-refractivity contribution in [1.29, 1.82) is 0 Å². The highest BCUT2D eigenvalue weighted by atomic mass is 35.5. The number of carbonyl (C=O) groups is 1. The Hall–Kier alpha value is -2.51. The van der Waals surface area contributed by atoms with Crippen LogP contribution in [0.4, 0.5) is 5.69 Å². The monoisotopic (exact) mass is 401 g/mol. The molecule has 2 heterocycles. The summed E-state index contributed by atoms with van der Waals surface area (Å²) in [5, 5.41) is 8.90. The highest BCUT2D eigenvalue weighted by Crippen LogP contribution is 2.28. The second kappa shape index (κ2) is 8.02. The maximum absolute atomic E-state index is 12.5. The van der Waals surface area contributed by atoms with E-state index in [2.05, 4.69) is 16.3 Å². The molecule has 27 heavy (non-hydrogen) atoms. The number of thioether (sulfide) groups is 1. The van der Waals surface area contributed by atoms with E-state index >= 15 is 0 Å². The minimum atomic E-state index is 0.0297. The summed E-state index contributed by atoms with van der Waals surface area (Å²) in [7, 11) is 0. The zero-order valence-electron chi connectivity index (χ0n) is 14.3. The lowest BCUT2D eigenvalue weighted by Crippen LogP contribution is -2.30. The Bertz CT molecular complexity index is 945. The van der Waals surface area contributed by atoms with Crippen LogP contribution in [0.1, 0.15) is 11.5 Å². The van der Waals surface area contributed by atoms with Gasteiger partial charge >= 0.3 is 0 Å². The van der Waals surface area contributed by atoms with E-state index in [1.54, 1.807) is 24.3 Å². The molecule has 8 heteroatoms. The molecule has 0 saturated heterocycles. The lowest BCUT2D eigenvalue weighted by Gasteiger charge is -2.16. The van der Waals surface area contributed by atoms with Crippen LogP contribution in [-0.2, 0) is 17.8 Å². The normalized spacial score (nSPS) is 12.9. The molecule has 0 unspecified atom stereocenters. The van der Waals surface area contributed by atoms with Crippen LogP contribution in [0.25, 0.3) is 0 Å². The summed E-state index contributed by atoms with van der Waals surface area (Å²) in [5.41, 5.74) is 2.20. The number of carbonyl (C=O) groups excluding carboxylic acids is 1. The second-order valence-electron chi connectivity index (χ2n) is 5.92. The van der Waals surface area contributed by atoms with Gasteiger partial charge in [0.1, 0.15) is 5.75 Å². The van der Waals surface area contributed by atoms with Crippen molar-refractivity contribution in [3.8, 4) is 5.75 Å². The average Bonchev–Trinajstić information content (AvgIpc) is 3.32. The van der Waals surface area contributed by atoms with Gasteiger partial charge in [0, 0.05) is 17.3 Å². The van der Waals surface area contributed by atoms with Crippen LogP contribution in [0.15, 0.2) is 58.2 Å². The van der Waals surface area contributed by atoms with Crippen LogP contribution in [-0.4, -0.2) is 28.4 Å². The molecule has 0 spiro atoms. The predicted molar refractivity (Wildman–Crippen MR) is 103 cm³/mol. The third kappa shape index (κ3) is 4.26. The average molecular weight is 402 g/mol. The van der Waals surface area contributed by atoms with Crippen LogP contribution in [0.5, 0.6) is 5.75 Å². The Labute approximate surface area is 165 Å². The number of rotatable bonds is 6. The third-order valence-electron chi connectivity index (χ3n) is 4.13. The van der Waals surface area contributed by atoms with Gasteiger partial charge in [0.15, 0.2) is 6.61 Å². The maximum atomic E-state index is 12.5. The first-order valence-electron chi connectivity index (χ1n) is 8.41. The zero-order chi connectivity index (χ0) is 18.6. The SMILES string of the molecule is O=C(CSc1nnc(COc2ccc(Cl)cc2)o1)N1CCc2ccccc21. The lowest BCUT2D eigenvalue weighted by molar-refractivity contribution is -0.116. The molecule has 6 nitrogen and oxygen atoms in total. The van der Waals surface area contributed by atoms with Crippen molar-refractivity contribution in [2.45, 2.75) is 18.3 Å². The fourth-order valence-electron chi connectivity index (χ4n) is 2.83. The van der Waals surface area contributed by atoms with Gasteiger partial charge in [-0.3, -0.25) is 4.79 Å². The van der Waals surface area contributed by atoms with Crippen LogP contribution in [0, 0.1) is 0 Å². The maximum Gasteiger partial charge on any atom is 0.277 e. The standard InChI is InChI=1S/C19H16ClN3O3S/c20-14-5-7-15(8-6-14)25-11-17-21-22-19(26-17)27-12-18(24)23-10-9-13-3-1-2-4-16(13)23/h1-8H,9-12H2. The fourth-order valence-corrected chi connectivity index (χ4v) is 3.61. The quantitative estimate of drug-likeness (QED) is 0.582. The molecule has 0 radical (unpaired) electrons.